The molecule has 0 radical (unpaired) electrons. The van der Waals surface area contributed by atoms with E-state index in [2.05, 4.69) is 33.1 Å². The fourth-order valence-electron chi connectivity index (χ4n) is 1.87. The molecule has 2 aromatic carbocycles. The van der Waals surface area contributed by atoms with Crippen LogP contribution in [0.1, 0.15) is 22.8 Å². The van der Waals surface area contributed by atoms with Crippen molar-refractivity contribution >= 4 is 40.7 Å². The highest BCUT2D eigenvalue weighted by atomic mass is 127. The van der Waals surface area contributed by atoms with Gasteiger partial charge >= 0.3 is 5.97 Å². The van der Waals surface area contributed by atoms with Gasteiger partial charge in [-0.05, 0) is 52.9 Å². The molecule has 0 unspecified atom stereocenters. The number of nitrogens with zero attached hydrogens (tertiary/aromatic N) is 1. The highest BCUT2D eigenvalue weighted by Crippen LogP contribution is 2.23. The maximum Gasteiger partial charge on any atom is 0.308 e. The molecule has 24 heavy (non-hydrogen) atoms. The summed E-state index contributed by atoms with van der Waals surface area (Å²) >= 11 is 2.08. The lowest BCUT2D eigenvalue weighted by atomic mass is 10.2. The first kappa shape index (κ1) is 17.9. The highest BCUT2D eigenvalue weighted by molar-refractivity contribution is 14.1. The van der Waals surface area contributed by atoms with Crippen molar-refractivity contribution in [2.24, 2.45) is 5.10 Å². The van der Waals surface area contributed by atoms with E-state index in [9.17, 15) is 9.59 Å². The number of hydrogen-bond acceptors (Lipinski definition) is 5. The second-order valence-corrected chi connectivity index (χ2v) is 5.84. The first-order chi connectivity index (χ1) is 11.5. The topological polar surface area (TPSA) is 77.0 Å². The molecular weight excluding hydrogens is 423 g/mol. The molecule has 124 valence electrons. The molecule has 1 N–H and O–H groups in total. The Balaban J connectivity index is 2.17. The molecule has 1 amide bonds. The number of carbonyl (C=O) groups is 2. The quantitative estimate of drug-likeness (QED) is 0.256. The zero-order valence-electron chi connectivity index (χ0n) is 13.1. The summed E-state index contributed by atoms with van der Waals surface area (Å²) in [5, 5.41) is 3.93. The van der Waals surface area contributed by atoms with Gasteiger partial charge in [0.1, 0.15) is 11.5 Å². The number of esters is 1. The lowest BCUT2D eigenvalue weighted by Gasteiger charge is -2.07. The summed E-state index contributed by atoms with van der Waals surface area (Å²) in [6.07, 6.45) is 1.40. The van der Waals surface area contributed by atoms with Crippen molar-refractivity contribution in [3.8, 4) is 11.5 Å². The van der Waals surface area contributed by atoms with Crippen LogP contribution in [-0.4, -0.2) is 25.2 Å². The number of ether oxygens (including phenoxy) is 2. The van der Waals surface area contributed by atoms with E-state index in [1.807, 2.05) is 12.1 Å². The first-order valence-corrected chi connectivity index (χ1v) is 8.03. The summed E-state index contributed by atoms with van der Waals surface area (Å²) in [7, 11) is 1.53. The van der Waals surface area contributed by atoms with Crippen LogP contribution >= 0.6 is 22.6 Å². The van der Waals surface area contributed by atoms with Crippen LogP contribution in [0.4, 0.5) is 0 Å². The van der Waals surface area contributed by atoms with Crippen LogP contribution in [0.5, 0.6) is 11.5 Å². The van der Waals surface area contributed by atoms with E-state index in [1.54, 1.807) is 30.3 Å². The highest BCUT2D eigenvalue weighted by Gasteiger charge is 2.09. The molecule has 0 fully saturated rings. The number of methoxy groups -OCH3 is 1. The van der Waals surface area contributed by atoms with Gasteiger partial charge in [-0.2, -0.15) is 5.10 Å². The second-order valence-electron chi connectivity index (χ2n) is 4.68. The van der Waals surface area contributed by atoms with Crippen molar-refractivity contribution in [3.05, 3.63) is 57.2 Å². The molecule has 2 aromatic rings. The lowest BCUT2D eigenvalue weighted by molar-refractivity contribution is -0.131. The third-order valence-electron chi connectivity index (χ3n) is 2.96. The van der Waals surface area contributed by atoms with Crippen LogP contribution in [0.3, 0.4) is 0 Å². The van der Waals surface area contributed by atoms with Crippen LogP contribution < -0.4 is 14.9 Å². The molecule has 0 spiro atoms. The standard InChI is InChI=1S/C17H15IN2O4/c1-11(21)24-16-8-7-13(23-2)9-12(16)10-19-20-17(22)14-5-3-4-6-15(14)18/h3-10H,1-2H3,(H,20,22)/b19-10+. The molecule has 0 aliphatic rings. The molecule has 0 saturated carbocycles. The summed E-state index contributed by atoms with van der Waals surface area (Å²) in [4.78, 5) is 23.3. The van der Waals surface area contributed by atoms with E-state index in [0.717, 1.165) is 3.57 Å². The number of benzene rings is 2. The van der Waals surface area contributed by atoms with E-state index >= 15 is 0 Å². The smallest absolute Gasteiger partial charge is 0.308 e. The summed E-state index contributed by atoms with van der Waals surface area (Å²) in [5.74, 6) is 0.137. The van der Waals surface area contributed by atoms with Crippen LogP contribution in [0.2, 0.25) is 0 Å². The van der Waals surface area contributed by atoms with Crippen molar-refractivity contribution in [2.45, 2.75) is 6.92 Å². The number of nitrogens with one attached hydrogen (secondary N) is 1. The van der Waals surface area contributed by atoms with Crippen LogP contribution in [0.25, 0.3) is 0 Å². The normalized spacial score (nSPS) is 10.5. The molecule has 0 heterocycles. The first-order valence-electron chi connectivity index (χ1n) is 6.95. The monoisotopic (exact) mass is 438 g/mol. The molecule has 0 atom stereocenters. The molecule has 0 aromatic heterocycles. The number of hydrogen-bond donors (Lipinski definition) is 1. The van der Waals surface area contributed by atoms with Crippen LogP contribution in [-0.2, 0) is 4.79 Å². The maximum absolute atomic E-state index is 12.1. The van der Waals surface area contributed by atoms with Crippen molar-refractivity contribution in [1.82, 2.24) is 5.43 Å². The molecular formula is C17H15IN2O4. The van der Waals surface area contributed by atoms with Gasteiger partial charge in [-0.25, -0.2) is 5.43 Å². The summed E-state index contributed by atoms with van der Waals surface area (Å²) in [6, 6.07) is 12.1. The fourth-order valence-corrected chi connectivity index (χ4v) is 2.50. The Labute approximate surface area is 153 Å². The Hall–Kier alpha value is -2.42. The Kier molecular flexibility index (Phi) is 6.30. The van der Waals surface area contributed by atoms with E-state index < -0.39 is 5.97 Å². The molecule has 0 saturated heterocycles. The van der Waals surface area contributed by atoms with E-state index in [1.165, 1.54) is 20.2 Å². The van der Waals surface area contributed by atoms with Crippen molar-refractivity contribution in [2.75, 3.05) is 7.11 Å². The molecule has 2 rings (SSSR count). The van der Waals surface area contributed by atoms with Gasteiger partial charge in [0.2, 0.25) is 0 Å². The van der Waals surface area contributed by atoms with E-state index in [-0.39, 0.29) is 5.91 Å². The molecule has 0 aliphatic heterocycles. The third-order valence-corrected chi connectivity index (χ3v) is 3.90. The van der Waals surface area contributed by atoms with Gasteiger partial charge in [0.05, 0.1) is 18.9 Å². The zero-order chi connectivity index (χ0) is 17.5. The maximum atomic E-state index is 12.1. The molecule has 7 heteroatoms. The van der Waals surface area contributed by atoms with E-state index in [4.69, 9.17) is 9.47 Å². The SMILES string of the molecule is COc1ccc(OC(C)=O)c(/C=N/NC(=O)c2ccccc2I)c1. The second kappa shape index (κ2) is 8.44. The minimum absolute atomic E-state index is 0.326. The van der Waals surface area contributed by atoms with E-state index in [0.29, 0.717) is 22.6 Å². The number of rotatable bonds is 5. The Morgan fingerprint density at radius 1 is 1.21 bits per heavy atom. The minimum atomic E-state index is -0.447. The van der Waals surface area contributed by atoms with Gasteiger partial charge in [-0.3, -0.25) is 9.59 Å². The van der Waals surface area contributed by atoms with Crippen molar-refractivity contribution < 1.29 is 19.1 Å². The number of amides is 1. The summed E-state index contributed by atoms with van der Waals surface area (Å²) in [6.45, 7) is 1.31. The predicted octanol–water partition coefficient (Wildman–Crippen LogP) is 2.99. The lowest BCUT2D eigenvalue weighted by Crippen LogP contribution is -2.18. The van der Waals surface area contributed by atoms with Gasteiger partial charge in [-0.15, -0.1) is 0 Å². The largest absolute Gasteiger partial charge is 0.497 e. The third kappa shape index (κ3) is 4.79. The minimum Gasteiger partial charge on any atom is -0.497 e. The number of hydrazone groups is 1. The van der Waals surface area contributed by atoms with Crippen molar-refractivity contribution in [3.63, 3.8) is 0 Å². The van der Waals surface area contributed by atoms with Gasteiger partial charge in [0, 0.05) is 16.1 Å². The summed E-state index contributed by atoms with van der Waals surface area (Å²) < 4.78 is 11.1. The molecule has 0 aliphatic carbocycles. The molecule has 0 bridgehead atoms. The van der Waals surface area contributed by atoms with Gasteiger partial charge in [0.15, 0.2) is 0 Å². The van der Waals surface area contributed by atoms with Gasteiger partial charge in [-0.1, -0.05) is 12.1 Å². The average molecular weight is 438 g/mol. The Morgan fingerprint density at radius 2 is 1.96 bits per heavy atom. The van der Waals surface area contributed by atoms with Crippen LogP contribution in [0.15, 0.2) is 47.6 Å². The van der Waals surface area contributed by atoms with Gasteiger partial charge < -0.3 is 9.47 Å². The van der Waals surface area contributed by atoms with Crippen LogP contribution in [0, 0.1) is 3.57 Å². The number of halogens is 1. The molecule has 6 nitrogen and oxygen atoms in total. The number of carbonyl (C=O) groups excluding carboxylic acids is 2. The predicted molar refractivity (Wildman–Crippen MR) is 98.5 cm³/mol. The Bertz CT molecular complexity index is 790. The van der Waals surface area contributed by atoms with Crippen molar-refractivity contribution in [1.29, 1.82) is 0 Å². The summed E-state index contributed by atoms with van der Waals surface area (Å²) in [5.41, 5.74) is 3.49. The Morgan fingerprint density at radius 3 is 2.62 bits per heavy atom. The zero-order valence-corrected chi connectivity index (χ0v) is 15.2. The van der Waals surface area contributed by atoms with Gasteiger partial charge in [0.25, 0.3) is 5.91 Å². The average Bonchev–Trinajstić information content (AvgIpc) is 2.56. The fraction of sp³-hybridized carbons (Fsp3) is 0.118.